The van der Waals surface area contributed by atoms with E-state index in [0.29, 0.717) is 35.4 Å². The molecule has 1 unspecified atom stereocenters. The largest absolute Gasteiger partial charge is 0.497 e. The normalized spacial score (nSPS) is 18.7. The second-order valence-corrected chi connectivity index (χ2v) is 14.9. The van der Waals surface area contributed by atoms with Gasteiger partial charge in [0.15, 0.2) is 27.9 Å². The maximum Gasteiger partial charge on any atom is 0.409 e. The summed E-state index contributed by atoms with van der Waals surface area (Å²) in [6.45, 7) is 7.20. The molecule has 6 rings (SSSR count). The monoisotopic (exact) mass is 708 g/mol. The molecule has 1 amide bonds. The summed E-state index contributed by atoms with van der Waals surface area (Å²) in [6.07, 6.45) is -1.46. The molecule has 2 N–H and O–H groups in total. The van der Waals surface area contributed by atoms with Crippen molar-refractivity contribution in [3.63, 3.8) is 0 Å². The number of nitrogens with zero attached hydrogens (tertiary/aromatic N) is 3. The lowest BCUT2D eigenvalue weighted by atomic mass is 10.00. The Kier molecular flexibility index (Phi) is 9.91. The first-order valence-corrected chi connectivity index (χ1v) is 17.7. The van der Waals surface area contributed by atoms with Crippen LogP contribution in [-0.4, -0.2) is 78.4 Å². The van der Waals surface area contributed by atoms with E-state index in [1.807, 2.05) is 38.1 Å². The van der Waals surface area contributed by atoms with Gasteiger partial charge in [-0.15, -0.1) is 0 Å². The number of sulfone groups is 1. The Hall–Kier alpha value is -4.86. The summed E-state index contributed by atoms with van der Waals surface area (Å²) >= 11 is 0. The van der Waals surface area contributed by atoms with Crippen LogP contribution in [0.1, 0.15) is 39.1 Å². The third kappa shape index (κ3) is 7.34. The molecule has 14 nitrogen and oxygen atoms in total. The molecule has 3 aromatic carbocycles. The number of methoxy groups -OCH3 is 1. The molecular weight excluding hydrogens is 668 g/mol. The van der Waals surface area contributed by atoms with Crippen molar-refractivity contribution in [3.8, 4) is 34.5 Å². The van der Waals surface area contributed by atoms with Crippen LogP contribution in [0.4, 0.5) is 4.79 Å². The zero-order valence-corrected chi connectivity index (χ0v) is 29.2. The summed E-state index contributed by atoms with van der Waals surface area (Å²) in [7, 11) is -2.27. The minimum Gasteiger partial charge on any atom is -0.497 e. The summed E-state index contributed by atoms with van der Waals surface area (Å²) in [4.78, 5) is 18.3. The number of carbonyl (C=O) groups is 1. The van der Waals surface area contributed by atoms with E-state index >= 15 is 0 Å². The molecule has 1 saturated heterocycles. The quantitative estimate of drug-likeness (QED) is 0.188. The SMILES string of the molecule is COc1ccc(-c2nc(COc3ccc(C[C@H]4[C@@H](CNC(C(C)C)S(=O)(=O)c5ccc6c(c5)OCO6)OC(C)(C)N4C(=O)O)cc3)no2)cc1. The van der Waals surface area contributed by atoms with Gasteiger partial charge in [-0.2, -0.15) is 4.98 Å². The second kappa shape index (κ2) is 14.2. The number of hydrogen-bond acceptors (Lipinski definition) is 12. The van der Waals surface area contributed by atoms with Gasteiger partial charge in [0.1, 0.15) is 22.6 Å². The van der Waals surface area contributed by atoms with Crippen LogP contribution >= 0.6 is 0 Å². The summed E-state index contributed by atoms with van der Waals surface area (Å²) in [5.41, 5.74) is 0.447. The Bertz CT molecular complexity index is 1910. The molecule has 2 aliphatic rings. The lowest BCUT2D eigenvalue weighted by molar-refractivity contribution is -0.0657. The van der Waals surface area contributed by atoms with Crippen LogP contribution in [0.15, 0.2) is 76.1 Å². The van der Waals surface area contributed by atoms with Gasteiger partial charge >= 0.3 is 6.09 Å². The van der Waals surface area contributed by atoms with Crippen LogP contribution in [0, 0.1) is 5.92 Å². The molecule has 1 fully saturated rings. The highest BCUT2D eigenvalue weighted by Crippen LogP contribution is 2.37. The Morgan fingerprint density at radius 1 is 1.04 bits per heavy atom. The fourth-order valence-corrected chi connectivity index (χ4v) is 8.11. The fourth-order valence-electron chi connectivity index (χ4n) is 6.26. The van der Waals surface area contributed by atoms with Crippen molar-refractivity contribution in [1.29, 1.82) is 0 Å². The standard InChI is InChI=1S/C35H40N4O10S/c1-21(2)33(50(42,43)26-14-15-28-29(17-26)47-20-46-28)36-18-30-27(39(34(40)41)35(3,4)48-30)16-22-6-10-25(11-7-22)45-19-31-37-32(49-38-31)23-8-12-24(44-5)13-9-23/h6-15,17,21,27,30,33,36H,16,18-20H2,1-5H3,(H,40,41)/t27-,30+,33?/m0/s1. The maximum absolute atomic E-state index is 13.8. The van der Waals surface area contributed by atoms with Gasteiger partial charge in [-0.05, 0) is 80.3 Å². The van der Waals surface area contributed by atoms with Crippen molar-refractivity contribution in [3.05, 3.63) is 78.1 Å². The highest BCUT2D eigenvalue weighted by atomic mass is 32.2. The lowest BCUT2D eigenvalue weighted by Gasteiger charge is -2.31. The van der Waals surface area contributed by atoms with Gasteiger partial charge in [-0.25, -0.2) is 13.2 Å². The Labute approximate surface area is 290 Å². The van der Waals surface area contributed by atoms with Crippen molar-refractivity contribution in [2.45, 2.75) is 68.9 Å². The number of benzene rings is 3. The number of nitrogens with one attached hydrogen (secondary N) is 1. The molecule has 0 aliphatic carbocycles. The summed E-state index contributed by atoms with van der Waals surface area (Å²) in [5, 5.41) is 16.4. The predicted molar refractivity (Wildman–Crippen MR) is 180 cm³/mol. The number of hydrogen-bond donors (Lipinski definition) is 2. The molecule has 3 atom stereocenters. The van der Waals surface area contributed by atoms with Crippen LogP contribution in [0.3, 0.4) is 0 Å². The Morgan fingerprint density at radius 3 is 2.42 bits per heavy atom. The predicted octanol–water partition coefficient (Wildman–Crippen LogP) is 5.12. The van der Waals surface area contributed by atoms with E-state index in [2.05, 4.69) is 15.5 Å². The zero-order chi connectivity index (χ0) is 35.6. The molecule has 0 spiro atoms. The molecule has 50 heavy (non-hydrogen) atoms. The third-order valence-corrected chi connectivity index (χ3v) is 11.0. The zero-order valence-electron chi connectivity index (χ0n) is 28.4. The van der Waals surface area contributed by atoms with Gasteiger partial charge in [-0.3, -0.25) is 10.2 Å². The highest BCUT2D eigenvalue weighted by molar-refractivity contribution is 7.92. The van der Waals surface area contributed by atoms with Crippen molar-refractivity contribution in [2.24, 2.45) is 5.92 Å². The van der Waals surface area contributed by atoms with E-state index in [1.165, 1.54) is 17.0 Å². The van der Waals surface area contributed by atoms with Crippen LogP contribution < -0.4 is 24.3 Å². The number of rotatable bonds is 13. The second-order valence-electron chi connectivity index (χ2n) is 12.8. The number of ether oxygens (including phenoxy) is 5. The lowest BCUT2D eigenvalue weighted by Crippen LogP contribution is -2.50. The molecule has 0 radical (unpaired) electrons. The molecule has 2 aliphatic heterocycles. The van der Waals surface area contributed by atoms with Gasteiger partial charge in [0, 0.05) is 18.2 Å². The van der Waals surface area contributed by atoms with Crippen LogP contribution in [-0.2, 0) is 27.6 Å². The molecule has 0 saturated carbocycles. The first-order valence-electron chi connectivity index (χ1n) is 16.1. The smallest absolute Gasteiger partial charge is 0.409 e. The summed E-state index contributed by atoms with van der Waals surface area (Å²) in [5.74, 6) is 2.56. The van der Waals surface area contributed by atoms with E-state index in [4.69, 9.17) is 28.2 Å². The van der Waals surface area contributed by atoms with Crippen molar-refractivity contribution in [2.75, 3.05) is 20.4 Å². The number of carboxylic acid groups (broad SMARTS) is 1. The number of aromatic nitrogens is 2. The molecule has 3 heterocycles. The van der Waals surface area contributed by atoms with Gasteiger partial charge in [0.05, 0.1) is 24.2 Å². The summed E-state index contributed by atoms with van der Waals surface area (Å²) in [6, 6.07) is 18.5. The third-order valence-electron chi connectivity index (χ3n) is 8.66. The van der Waals surface area contributed by atoms with Gasteiger partial charge in [0.25, 0.3) is 5.89 Å². The molecule has 4 aromatic rings. The molecule has 1 aromatic heterocycles. The van der Waals surface area contributed by atoms with Crippen LogP contribution in [0.25, 0.3) is 11.5 Å². The van der Waals surface area contributed by atoms with Crippen molar-refractivity contribution in [1.82, 2.24) is 20.4 Å². The molecular formula is C35H40N4O10S. The van der Waals surface area contributed by atoms with Crippen LogP contribution in [0.2, 0.25) is 0 Å². The minimum atomic E-state index is -3.86. The van der Waals surface area contributed by atoms with Crippen molar-refractivity contribution < 1.29 is 46.5 Å². The van der Waals surface area contributed by atoms with Gasteiger partial charge in [-0.1, -0.05) is 31.1 Å². The van der Waals surface area contributed by atoms with E-state index in [1.54, 1.807) is 51.3 Å². The average Bonchev–Trinajstić information content (AvgIpc) is 3.81. The maximum atomic E-state index is 13.8. The van der Waals surface area contributed by atoms with E-state index in [-0.39, 0.29) is 30.8 Å². The van der Waals surface area contributed by atoms with Gasteiger partial charge in [0.2, 0.25) is 12.6 Å². The molecule has 15 heteroatoms. The van der Waals surface area contributed by atoms with Gasteiger partial charge < -0.3 is 33.3 Å². The number of amides is 1. The van der Waals surface area contributed by atoms with E-state index < -0.39 is 39.2 Å². The Morgan fingerprint density at radius 2 is 1.74 bits per heavy atom. The Balaban J connectivity index is 1.12. The first-order chi connectivity index (χ1) is 23.9. The van der Waals surface area contributed by atoms with Crippen molar-refractivity contribution >= 4 is 15.9 Å². The highest BCUT2D eigenvalue weighted by Gasteiger charge is 2.50. The topological polar surface area (TPSA) is 172 Å². The summed E-state index contributed by atoms with van der Waals surface area (Å²) < 4.78 is 61.0. The molecule has 266 valence electrons. The van der Waals surface area contributed by atoms with E-state index in [0.717, 1.165) is 16.9 Å². The number of fused-ring (bicyclic) bond motifs is 1. The van der Waals surface area contributed by atoms with E-state index in [9.17, 15) is 18.3 Å². The fraction of sp³-hybridized carbons (Fsp3) is 0.400. The molecule has 0 bridgehead atoms. The average molecular weight is 709 g/mol. The van der Waals surface area contributed by atoms with Crippen LogP contribution in [0.5, 0.6) is 23.0 Å². The first kappa shape index (κ1) is 35.0. The minimum absolute atomic E-state index is 0.0315.